The molecule has 5 aliphatic rings. The van der Waals surface area contributed by atoms with Crippen LogP contribution in [0.1, 0.15) is 59.8 Å². The number of rotatable bonds is 12. The number of carboxylic acid groups (broad SMARTS) is 2. The second-order valence-corrected chi connectivity index (χ2v) is 12.5. The number of nitrogens with one attached hydrogen (secondary N) is 4. The van der Waals surface area contributed by atoms with E-state index in [0.29, 0.717) is 16.8 Å². The molecule has 6 atom stereocenters. The SMILES string of the molecule is C=CC1=C(C)[C@@](O)(CC2N/C(=C\[C@@]34NN3/C(=C/C3NC(=O)[C@H](C)[C@H]3C=C)C(C)=C4CCC(=O)O)C(CCC(=O)O)=C2C)NC1=O. The number of aliphatic carboxylic acids is 2. The van der Waals surface area contributed by atoms with E-state index in [2.05, 4.69) is 34.5 Å². The highest BCUT2D eigenvalue weighted by Gasteiger charge is 2.60. The van der Waals surface area contributed by atoms with Crippen molar-refractivity contribution in [1.29, 1.82) is 0 Å². The van der Waals surface area contributed by atoms with Crippen molar-refractivity contribution in [2.24, 2.45) is 11.8 Å². The molecule has 0 bridgehead atoms. The third-order valence-electron chi connectivity index (χ3n) is 9.92. The predicted molar refractivity (Wildman–Crippen MR) is 165 cm³/mol. The molecule has 240 valence electrons. The minimum atomic E-state index is -1.62. The zero-order chi connectivity index (χ0) is 33.0. The van der Waals surface area contributed by atoms with E-state index in [1.807, 2.05) is 37.9 Å². The van der Waals surface area contributed by atoms with Gasteiger partial charge in [-0.25, -0.2) is 0 Å². The first kappa shape index (κ1) is 32.0. The lowest BCUT2D eigenvalue weighted by atomic mass is 9.90. The Morgan fingerprint density at radius 3 is 2.31 bits per heavy atom. The van der Waals surface area contributed by atoms with E-state index in [1.54, 1.807) is 13.0 Å². The zero-order valence-corrected chi connectivity index (χ0v) is 26.0. The van der Waals surface area contributed by atoms with Gasteiger partial charge in [0, 0.05) is 42.4 Å². The van der Waals surface area contributed by atoms with Crippen LogP contribution >= 0.6 is 0 Å². The molecule has 0 saturated carbocycles. The van der Waals surface area contributed by atoms with Gasteiger partial charge in [-0.15, -0.1) is 6.58 Å². The maximum atomic E-state index is 12.5. The topological polar surface area (TPSA) is 190 Å². The van der Waals surface area contributed by atoms with Crippen molar-refractivity contribution < 1.29 is 34.5 Å². The summed E-state index contributed by atoms with van der Waals surface area (Å²) in [6.45, 7) is 14.9. The van der Waals surface area contributed by atoms with Crippen LogP contribution < -0.4 is 21.4 Å². The van der Waals surface area contributed by atoms with Crippen molar-refractivity contribution in [1.82, 2.24) is 26.4 Å². The fraction of sp³-hybridized carbons (Fsp3) is 0.455. The van der Waals surface area contributed by atoms with Gasteiger partial charge in [-0.3, -0.25) is 24.2 Å². The number of allylic oxidation sites excluding steroid dienone is 2. The second-order valence-electron chi connectivity index (χ2n) is 12.5. The van der Waals surface area contributed by atoms with Crippen LogP contribution in [-0.2, 0) is 19.2 Å². The summed E-state index contributed by atoms with van der Waals surface area (Å²) in [4.78, 5) is 48.2. The molecule has 12 nitrogen and oxygen atoms in total. The third kappa shape index (κ3) is 5.42. The fourth-order valence-corrected chi connectivity index (χ4v) is 7.15. The number of carbonyl (C=O) groups is 4. The summed E-state index contributed by atoms with van der Waals surface area (Å²) in [7, 11) is 0. The molecule has 5 rings (SSSR count). The van der Waals surface area contributed by atoms with Gasteiger partial charge in [-0.2, -0.15) is 5.43 Å². The third-order valence-corrected chi connectivity index (χ3v) is 9.92. The van der Waals surface area contributed by atoms with Gasteiger partial charge in [0.2, 0.25) is 5.91 Å². The minimum absolute atomic E-state index is 0.0603. The molecule has 45 heavy (non-hydrogen) atoms. The van der Waals surface area contributed by atoms with E-state index in [9.17, 15) is 34.5 Å². The highest BCUT2D eigenvalue weighted by molar-refractivity contribution is 6.00. The molecule has 0 aromatic heterocycles. The predicted octanol–water partition coefficient (Wildman–Crippen LogP) is 2.27. The Hall–Kier alpha value is -4.42. The number of hydrazine groups is 1. The summed E-state index contributed by atoms with van der Waals surface area (Å²) >= 11 is 0. The molecule has 2 amide bonds. The van der Waals surface area contributed by atoms with Crippen molar-refractivity contribution in [2.75, 3.05) is 0 Å². The second kappa shape index (κ2) is 11.5. The number of amides is 2. The highest BCUT2D eigenvalue weighted by Crippen LogP contribution is 2.52. The van der Waals surface area contributed by atoms with Crippen LogP contribution in [0.2, 0.25) is 0 Å². The highest BCUT2D eigenvalue weighted by atomic mass is 16.4. The molecule has 2 fully saturated rings. The number of carboxylic acids is 2. The lowest BCUT2D eigenvalue weighted by Crippen LogP contribution is -2.48. The Bertz CT molecular complexity index is 1570. The van der Waals surface area contributed by atoms with Gasteiger partial charge in [0.1, 0.15) is 0 Å². The van der Waals surface area contributed by atoms with E-state index < -0.39 is 35.3 Å². The number of fused-ring (bicyclic) bond motifs is 1. The van der Waals surface area contributed by atoms with Crippen LogP contribution in [0.5, 0.6) is 0 Å². The van der Waals surface area contributed by atoms with Crippen LogP contribution in [0.15, 0.2) is 82.3 Å². The summed E-state index contributed by atoms with van der Waals surface area (Å²) < 4.78 is 0. The van der Waals surface area contributed by atoms with Gasteiger partial charge < -0.3 is 31.3 Å². The first-order valence-electron chi connectivity index (χ1n) is 15.1. The molecular formula is C33H41N5O7. The van der Waals surface area contributed by atoms with Gasteiger partial charge in [-0.05, 0) is 73.6 Å². The first-order chi connectivity index (χ1) is 21.2. The zero-order valence-electron chi connectivity index (χ0n) is 26.0. The van der Waals surface area contributed by atoms with Gasteiger partial charge in [0.05, 0.1) is 17.8 Å². The molecule has 2 unspecified atom stereocenters. The standard InChI is InChI=1S/C33H41N5O7/c1-7-20-17(4)30(43)35-24(20)13-27-18(5)23(10-12-29(41)42)32(37-38(27)32)14-26-22(9-11-28(39)40)16(3)25(34-26)15-33(45)19(6)21(8-2)31(44)36-33/h7-8,13-14,17,20,24-25,34,37,45H,1-2,9-12,15H2,3-6H3,(H,35,43)(H,36,44)(H,39,40)(H,41,42)/b26-14-,27-13+/t17-,20-,24?,25?,32-,33+,38?/m1/s1. The first-order valence-corrected chi connectivity index (χ1v) is 15.1. The van der Waals surface area contributed by atoms with Crippen LogP contribution in [0.3, 0.4) is 0 Å². The van der Waals surface area contributed by atoms with E-state index in [-0.39, 0.29) is 55.9 Å². The molecule has 0 spiro atoms. The summed E-state index contributed by atoms with van der Waals surface area (Å²) in [5, 5.41) is 41.6. The monoisotopic (exact) mass is 619 g/mol. The Labute approximate surface area is 262 Å². The lowest BCUT2D eigenvalue weighted by molar-refractivity contribution is -0.138. The summed E-state index contributed by atoms with van der Waals surface area (Å²) in [5.74, 6) is -2.70. The number of nitrogens with zero attached hydrogens (tertiary/aromatic N) is 1. The number of aliphatic hydroxyl groups is 1. The van der Waals surface area contributed by atoms with Crippen LogP contribution in [-0.4, -0.2) is 67.6 Å². The Kier molecular flexibility index (Phi) is 8.17. The Morgan fingerprint density at radius 1 is 1.04 bits per heavy atom. The maximum Gasteiger partial charge on any atom is 0.303 e. The molecule has 5 heterocycles. The normalized spacial score (nSPS) is 34.0. The quantitative estimate of drug-likeness (QED) is 0.126. The minimum Gasteiger partial charge on any atom is -0.481 e. The fourth-order valence-electron chi connectivity index (χ4n) is 7.15. The van der Waals surface area contributed by atoms with E-state index in [0.717, 1.165) is 28.0 Å². The van der Waals surface area contributed by atoms with Crippen molar-refractivity contribution in [3.8, 4) is 0 Å². The van der Waals surface area contributed by atoms with Crippen LogP contribution in [0.25, 0.3) is 0 Å². The Morgan fingerprint density at radius 2 is 1.71 bits per heavy atom. The molecule has 0 aliphatic carbocycles. The van der Waals surface area contributed by atoms with Gasteiger partial charge in [0.15, 0.2) is 11.4 Å². The summed E-state index contributed by atoms with van der Waals surface area (Å²) in [5.41, 5.74) is 6.56. The lowest BCUT2D eigenvalue weighted by Gasteiger charge is -2.29. The Balaban J connectivity index is 1.52. The van der Waals surface area contributed by atoms with Crippen molar-refractivity contribution in [2.45, 2.75) is 83.3 Å². The molecular weight excluding hydrogens is 578 g/mol. The molecule has 2 saturated heterocycles. The summed E-state index contributed by atoms with van der Waals surface area (Å²) in [6, 6.07) is -0.719. The molecule has 7 N–H and O–H groups in total. The van der Waals surface area contributed by atoms with Crippen molar-refractivity contribution in [3.63, 3.8) is 0 Å². The van der Waals surface area contributed by atoms with E-state index in [4.69, 9.17) is 0 Å². The smallest absolute Gasteiger partial charge is 0.303 e. The van der Waals surface area contributed by atoms with Gasteiger partial charge in [-0.1, -0.05) is 25.7 Å². The van der Waals surface area contributed by atoms with Crippen LogP contribution in [0.4, 0.5) is 0 Å². The summed E-state index contributed by atoms with van der Waals surface area (Å²) in [6.07, 6.45) is 7.50. The van der Waals surface area contributed by atoms with Crippen molar-refractivity contribution >= 4 is 23.8 Å². The molecule has 5 aliphatic heterocycles. The average molecular weight is 620 g/mol. The van der Waals surface area contributed by atoms with Gasteiger partial charge >= 0.3 is 11.9 Å². The van der Waals surface area contributed by atoms with Gasteiger partial charge in [0.25, 0.3) is 5.91 Å². The van der Waals surface area contributed by atoms with E-state index >= 15 is 0 Å². The molecule has 12 heteroatoms. The molecule has 0 aromatic rings. The van der Waals surface area contributed by atoms with Crippen molar-refractivity contribution in [3.05, 3.63) is 82.3 Å². The maximum absolute atomic E-state index is 12.5. The van der Waals surface area contributed by atoms with E-state index in [1.165, 1.54) is 6.08 Å². The average Bonchev–Trinajstić information content (AvgIpc) is 3.31. The molecule has 0 aromatic carbocycles. The number of carbonyl (C=O) groups excluding carboxylic acids is 2. The van der Waals surface area contributed by atoms with Crippen LogP contribution in [0, 0.1) is 11.8 Å². The largest absolute Gasteiger partial charge is 0.481 e. The molecule has 0 radical (unpaired) electrons. The number of hydrogen-bond donors (Lipinski definition) is 7. The number of hydrogen-bond acceptors (Lipinski definition) is 8.